The van der Waals surface area contributed by atoms with Crippen molar-refractivity contribution in [1.82, 2.24) is 0 Å². The highest BCUT2D eigenvalue weighted by Gasteiger charge is 2.74. The molecule has 0 unspecified atom stereocenters. The van der Waals surface area contributed by atoms with Crippen LogP contribution in [0.5, 0.6) is 0 Å². The first-order chi connectivity index (χ1) is 15.7. The molecule has 5 aliphatic carbocycles. The highest BCUT2D eigenvalue weighted by atomic mass is 16.1. The van der Waals surface area contributed by atoms with Crippen LogP contribution in [0, 0.1) is 67.5 Å². The Morgan fingerprint density at radius 3 is 2.21 bits per heavy atom. The lowest BCUT2D eigenvalue weighted by Gasteiger charge is -2.75. The van der Waals surface area contributed by atoms with E-state index in [0.717, 1.165) is 19.3 Å². The molecule has 0 saturated heterocycles. The van der Waals surface area contributed by atoms with Crippen molar-refractivity contribution in [3.05, 3.63) is 12.2 Å². The molecule has 2 nitrogen and oxygen atoms in total. The number of carbonyl (C=O) groups is 1. The molecule has 188 valence electrons. The lowest BCUT2D eigenvalue weighted by atomic mass is 9.29. The Hall–Kier alpha value is -1.10. The third-order valence-electron chi connectivity index (χ3n) is 14.2. The van der Waals surface area contributed by atoms with E-state index >= 15 is 0 Å². The molecular formula is C32H49NO. The number of ketones is 1. The van der Waals surface area contributed by atoms with E-state index in [4.69, 9.17) is 0 Å². The van der Waals surface area contributed by atoms with Crippen molar-refractivity contribution in [2.45, 2.75) is 119 Å². The van der Waals surface area contributed by atoms with E-state index in [1.165, 1.54) is 56.9 Å². The van der Waals surface area contributed by atoms with Gasteiger partial charge in [-0.3, -0.25) is 4.79 Å². The van der Waals surface area contributed by atoms with Crippen LogP contribution in [-0.4, -0.2) is 5.78 Å². The number of Topliss-reactive ketones (excluding diaryl/α,β-unsaturated/α-hetero) is 1. The molecule has 34 heavy (non-hydrogen) atoms. The predicted molar refractivity (Wildman–Crippen MR) is 139 cm³/mol. The van der Waals surface area contributed by atoms with E-state index in [-0.39, 0.29) is 27.1 Å². The molecule has 0 aliphatic heterocycles. The van der Waals surface area contributed by atoms with Crippen LogP contribution in [0.25, 0.3) is 0 Å². The van der Waals surface area contributed by atoms with Crippen LogP contribution in [0.1, 0.15) is 119 Å². The van der Waals surface area contributed by atoms with Gasteiger partial charge in [-0.25, -0.2) is 0 Å². The molecule has 0 amide bonds. The molecule has 0 radical (unpaired) electrons. The van der Waals surface area contributed by atoms with Crippen molar-refractivity contribution in [2.24, 2.45) is 56.2 Å². The molecule has 0 bridgehead atoms. The number of hydrogen-bond donors (Lipinski definition) is 0. The van der Waals surface area contributed by atoms with Crippen LogP contribution in [0.15, 0.2) is 12.2 Å². The second-order valence-electron chi connectivity index (χ2n) is 15.2. The smallest absolute Gasteiger partial charge is 0.138 e. The van der Waals surface area contributed by atoms with Crippen LogP contribution in [0.2, 0.25) is 0 Å². The van der Waals surface area contributed by atoms with Gasteiger partial charge in [0, 0.05) is 18.3 Å². The third-order valence-corrected chi connectivity index (χ3v) is 14.2. The van der Waals surface area contributed by atoms with Crippen molar-refractivity contribution < 1.29 is 4.79 Å². The molecule has 0 heterocycles. The minimum absolute atomic E-state index is 0.180. The van der Waals surface area contributed by atoms with Crippen LogP contribution < -0.4 is 0 Å². The quantitative estimate of drug-likeness (QED) is 0.385. The van der Waals surface area contributed by atoms with Gasteiger partial charge in [-0.1, -0.05) is 53.7 Å². The predicted octanol–water partition coefficient (Wildman–Crippen LogP) is 8.52. The zero-order chi connectivity index (χ0) is 24.9. The molecule has 5 rings (SSSR count). The fourth-order valence-corrected chi connectivity index (χ4v) is 12.2. The zero-order valence-corrected chi connectivity index (χ0v) is 23.2. The van der Waals surface area contributed by atoms with Crippen LogP contribution in [-0.2, 0) is 4.79 Å². The van der Waals surface area contributed by atoms with Gasteiger partial charge in [0.2, 0.25) is 0 Å². The zero-order valence-electron chi connectivity index (χ0n) is 23.2. The van der Waals surface area contributed by atoms with Crippen molar-refractivity contribution in [3.8, 4) is 6.07 Å². The molecule has 5 aliphatic rings. The number of nitriles is 1. The molecule has 5 fully saturated rings. The molecule has 0 aromatic carbocycles. The van der Waals surface area contributed by atoms with Gasteiger partial charge in [-0.05, 0) is 115 Å². The summed E-state index contributed by atoms with van der Waals surface area (Å²) in [5, 5.41) is 9.90. The maximum Gasteiger partial charge on any atom is 0.138 e. The number of fused-ring (bicyclic) bond motifs is 7. The molecule has 0 aromatic heterocycles. The molecule has 0 N–H and O–H groups in total. The Kier molecular flexibility index (Phi) is 5.23. The second-order valence-corrected chi connectivity index (χ2v) is 15.2. The topological polar surface area (TPSA) is 40.9 Å². The van der Waals surface area contributed by atoms with Gasteiger partial charge in [0.1, 0.15) is 5.78 Å². The van der Waals surface area contributed by atoms with E-state index in [1.54, 1.807) is 0 Å². The number of hydrogen-bond acceptors (Lipinski definition) is 2. The maximum atomic E-state index is 13.0. The van der Waals surface area contributed by atoms with Crippen LogP contribution in [0.3, 0.4) is 0 Å². The van der Waals surface area contributed by atoms with E-state index in [9.17, 15) is 10.1 Å². The van der Waals surface area contributed by atoms with E-state index in [2.05, 4.69) is 61.1 Å². The average molecular weight is 464 g/mol. The summed E-state index contributed by atoms with van der Waals surface area (Å²) in [5.41, 5.74) is 2.44. The minimum atomic E-state index is -0.180. The van der Waals surface area contributed by atoms with Gasteiger partial charge in [0.25, 0.3) is 0 Å². The lowest BCUT2D eigenvalue weighted by molar-refractivity contribution is -0.267. The fraction of sp³-hybridized carbons (Fsp3) is 0.875. The van der Waals surface area contributed by atoms with Gasteiger partial charge in [0.05, 0.1) is 6.07 Å². The number of carbonyl (C=O) groups excluding carboxylic acids is 1. The van der Waals surface area contributed by atoms with Gasteiger partial charge in [-0.2, -0.15) is 5.26 Å². The Morgan fingerprint density at radius 2 is 1.56 bits per heavy atom. The molecule has 5 saturated carbocycles. The Bertz CT molecular complexity index is 957. The molecule has 9 atom stereocenters. The maximum absolute atomic E-state index is 13.0. The molecule has 0 aromatic rings. The Balaban J connectivity index is 1.61. The first-order valence-electron chi connectivity index (χ1n) is 14.3. The van der Waals surface area contributed by atoms with Gasteiger partial charge in [-0.15, -0.1) is 0 Å². The van der Waals surface area contributed by atoms with E-state index in [0.29, 0.717) is 34.9 Å². The van der Waals surface area contributed by atoms with Crippen LogP contribution in [0.4, 0.5) is 0 Å². The summed E-state index contributed by atoms with van der Waals surface area (Å²) in [6.45, 7) is 21.8. The third kappa shape index (κ3) is 2.66. The first kappa shape index (κ1) is 24.6. The van der Waals surface area contributed by atoms with E-state index < -0.39 is 0 Å². The van der Waals surface area contributed by atoms with Crippen molar-refractivity contribution in [3.63, 3.8) is 0 Å². The Morgan fingerprint density at radius 1 is 0.912 bits per heavy atom. The van der Waals surface area contributed by atoms with Crippen molar-refractivity contribution in [1.29, 1.82) is 5.26 Å². The summed E-state index contributed by atoms with van der Waals surface area (Å²) >= 11 is 0. The first-order valence-corrected chi connectivity index (χ1v) is 14.3. The summed E-state index contributed by atoms with van der Waals surface area (Å²) in [6, 6.07) is 2.64. The van der Waals surface area contributed by atoms with Gasteiger partial charge < -0.3 is 0 Å². The highest BCUT2D eigenvalue weighted by Crippen LogP contribution is 2.81. The Labute approximate surface area is 209 Å². The van der Waals surface area contributed by atoms with Gasteiger partial charge >= 0.3 is 0 Å². The lowest BCUT2D eigenvalue weighted by Crippen LogP contribution is -2.69. The van der Waals surface area contributed by atoms with E-state index in [1.807, 2.05) is 0 Å². The number of rotatable bonds is 2. The normalized spacial score (nSPS) is 53.6. The highest BCUT2D eigenvalue weighted by molar-refractivity contribution is 5.85. The monoisotopic (exact) mass is 463 g/mol. The summed E-state index contributed by atoms with van der Waals surface area (Å²) in [5.74, 6) is 2.86. The summed E-state index contributed by atoms with van der Waals surface area (Å²) in [6.07, 6.45) is 12.5. The molecule has 2 heteroatoms. The standard InChI is InChI=1S/C32H49NO/c1-21(2)22-9-16-32(19-20-33)18-17-31(8)29(6)14-10-23-27(3,4)25(34)12-13-28(23,5)24(29)11-15-30(31,7)26(22)32/h22-24,26H,1,9-19H2,2-8H3/t22-,23-,24+,26+,28-,29+,30+,31-,32+/m0/s1. The van der Waals surface area contributed by atoms with Gasteiger partial charge in [0.15, 0.2) is 0 Å². The largest absolute Gasteiger partial charge is 0.299 e. The number of allylic oxidation sites excluding steroid dienone is 1. The minimum Gasteiger partial charge on any atom is -0.299 e. The summed E-state index contributed by atoms with van der Waals surface area (Å²) in [4.78, 5) is 13.0. The van der Waals surface area contributed by atoms with Crippen molar-refractivity contribution in [2.75, 3.05) is 0 Å². The fourth-order valence-electron chi connectivity index (χ4n) is 12.2. The number of nitrogens with zero attached hydrogens (tertiary/aromatic N) is 1. The summed E-state index contributed by atoms with van der Waals surface area (Å²) < 4.78 is 0. The van der Waals surface area contributed by atoms with Crippen LogP contribution >= 0.6 is 0 Å². The average Bonchev–Trinajstić information content (AvgIpc) is 3.14. The SMILES string of the molecule is C=C(C)[C@@H]1CC[C@]2(CC#N)CC[C@@]3(C)[C@]4(C)CC[C@H]5C(C)(C)C(=O)CC[C@]5(C)[C@H]4CC[C@]3(C)[C@@H]12. The summed E-state index contributed by atoms with van der Waals surface area (Å²) in [7, 11) is 0. The molecule has 0 spiro atoms. The van der Waals surface area contributed by atoms with Crippen molar-refractivity contribution >= 4 is 5.78 Å². The second kappa shape index (κ2) is 7.23. The molecular weight excluding hydrogens is 414 g/mol.